The Morgan fingerprint density at radius 1 is 1.06 bits per heavy atom. The fraction of sp³-hybridized carbons (Fsp3) is 0.538. The number of hydrogen-bond acceptors (Lipinski definition) is 3. The van der Waals surface area contributed by atoms with Crippen LogP contribution in [0.2, 0.25) is 0 Å². The molecule has 1 rings (SSSR count). The fourth-order valence-corrected chi connectivity index (χ4v) is 1.70. The van der Waals surface area contributed by atoms with E-state index >= 15 is 0 Å². The molecule has 1 aromatic carbocycles. The Kier molecular flexibility index (Phi) is 5.12. The molecular formula is C13H20O3. The molecule has 0 N–H and O–H groups in total. The molecule has 16 heavy (non-hydrogen) atoms. The van der Waals surface area contributed by atoms with Crippen molar-refractivity contribution in [1.82, 2.24) is 0 Å². The van der Waals surface area contributed by atoms with Crippen molar-refractivity contribution in [3.8, 4) is 11.5 Å². The van der Waals surface area contributed by atoms with Gasteiger partial charge in [-0.3, -0.25) is 0 Å². The standard InChI is InChI=1S/C13H20O3/c1-5-11(16-6-2)10-7-8-12(14-3)13(9-10)15-4/h7-9,11H,5-6H2,1-4H3. The van der Waals surface area contributed by atoms with E-state index in [1.54, 1.807) is 14.2 Å². The lowest BCUT2D eigenvalue weighted by Gasteiger charge is -2.17. The predicted octanol–water partition coefficient (Wildman–Crippen LogP) is 3.19. The zero-order valence-corrected chi connectivity index (χ0v) is 10.4. The Morgan fingerprint density at radius 2 is 1.75 bits per heavy atom. The molecule has 1 atom stereocenters. The maximum atomic E-state index is 5.65. The molecule has 0 spiro atoms. The zero-order valence-electron chi connectivity index (χ0n) is 10.4. The SMILES string of the molecule is CCOC(CC)c1ccc(OC)c(OC)c1. The van der Waals surface area contributed by atoms with Crippen molar-refractivity contribution in [3.05, 3.63) is 23.8 Å². The summed E-state index contributed by atoms with van der Waals surface area (Å²) in [6.45, 7) is 4.83. The van der Waals surface area contributed by atoms with E-state index in [9.17, 15) is 0 Å². The van der Waals surface area contributed by atoms with E-state index in [-0.39, 0.29) is 6.10 Å². The first-order valence-electron chi connectivity index (χ1n) is 5.60. The maximum absolute atomic E-state index is 5.65. The minimum absolute atomic E-state index is 0.129. The minimum Gasteiger partial charge on any atom is -0.493 e. The lowest BCUT2D eigenvalue weighted by atomic mass is 10.1. The van der Waals surface area contributed by atoms with Gasteiger partial charge in [-0.2, -0.15) is 0 Å². The normalized spacial score (nSPS) is 12.2. The van der Waals surface area contributed by atoms with Crippen LogP contribution in [0.25, 0.3) is 0 Å². The van der Waals surface area contributed by atoms with E-state index in [1.807, 2.05) is 25.1 Å². The molecule has 1 unspecified atom stereocenters. The van der Waals surface area contributed by atoms with Crippen LogP contribution in [0.5, 0.6) is 11.5 Å². The summed E-state index contributed by atoms with van der Waals surface area (Å²) in [7, 11) is 3.28. The van der Waals surface area contributed by atoms with Gasteiger partial charge in [0, 0.05) is 6.61 Å². The molecule has 0 radical (unpaired) electrons. The summed E-state index contributed by atoms with van der Waals surface area (Å²) in [6, 6.07) is 5.91. The number of methoxy groups -OCH3 is 2. The van der Waals surface area contributed by atoms with Crippen LogP contribution >= 0.6 is 0 Å². The second-order valence-corrected chi connectivity index (χ2v) is 3.47. The Bertz CT molecular complexity index is 323. The average molecular weight is 224 g/mol. The lowest BCUT2D eigenvalue weighted by molar-refractivity contribution is 0.0596. The van der Waals surface area contributed by atoms with Crippen LogP contribution in [0.4, 0.5) is 0 Å². The molecule has 0 heterocycles. The first kappa shape index (κ1) is 12.8. The van der Waals surface area contributed by atoms with Gasteiger partial charge in [0.1, 0.15) is 0 Å². The fourth-order valence-electron chi connectivity index (χ4n) is 1.70. The molecule has 3 heteroatoms. The van der Waals surface area contributed by atoms with E-state index in [1.165, 1.54) is 0 Å². The third-order valence-electron chi connectivity index (χ3n) is 2.52. The van der Waals surface area contributed by atoms with Gasteiger partial charge in [0.05, 0.1) is 20.3 Å². The van der Waals surface area contributed by atoms with Gasteiger partial charge in [-0.1, -0.05) is 13.0 Å². The summed E-state index contributed by atoms with van der Waals surface area (Å²) >= 11 is 0. The molecule has 1 aromatic rings. The monoisotopic (exact) mass is 224 g/mol. The molecule has 0 aliphatic carbocycles. The minimum atomic E-state index is 0.129. The van der Waals surface area contributed by atoms with Crippen LogP contribution in [-0.2, 0) is 4.74 Å². The topological polar surface area (TPSA) is 27.7 Å². The van der Waals surface area contributed by atoms with Gasteiger partial charge in [-0.05, 0) is 31.0 Å². The maximum Gasteiger partial charge on any atom is 0.161 e. The Labute approximate surface area is 97.3 Å². The van der Waals surface area contributed by atoms with Crippen molar-refractivity contribution in [2.24, 2.45) is 0 Å². The van der Waals surface area contributed by atoms with Gasteiger partial charge in [-0.25, -0.2) is 0 Å². The highest BCUT2D eigenvalue weighted by Crippen LogP contribution is 2.32. The molecule has 0 amide bonds. The summed E-state index contributed by atoms with van der Waals surface area (Å²) < 4.78 is 16.1. The average Bonchev–Trinajstić information content (AvgIpc) is 2.35. The van der Waals surface area contributed by atoms with Gasteiger partial charge in [0.2, 0.25) is 0 Å². The number of hydrogen-bond donors (Lipinski definition) is 0. The predicted molar refractivity (Wildman–Crippen MR) is 64.2 cm³/mol. The van der Waals surface area contributed by atoms with Crippen LogP contribution in [-0.4, -0.2) is 20.8 Å². The summed E-state index contributed by atoms with van der Waals surface area (Å²) in [5, 5.41) is 0. The molecule has 0 bridgehead atoms. The van der Waals surface area contributed by atoms with Crippen LogP contribution in [0.3, 0.4) is 0 Å². The van der Waals surface area contributed by atoms with E-state index in [4.69, 9.17) is 14.2 Å². The summed E-state index contributed by atoms with van der Waals surface area (Å²) in [5.74, 6) is 1.50. The van der Waals surface area contributed by atoms with Gasteiger partial charge in [0.15, 0.2) is 11.5 Å². The summed E-state index contributed by atoms with van der Waals surface area (Å²) in [4.78, 5) is 0. The van der Waals surface area contributed by atoms with E-state index in [0.717, 1.165) is 23.5 Å². The molecule has 3 nitrogen and oxygen atoms in total. The molecule has 90 valence electrons. The Morgan fingerprint density at radius 3 is 2.25 bits per heavy atom. The van der Waals surface area contributed by atoms with Crippen molar-refractivity contribution < 1.29 is 14.2 Å². The van der Waals surface area contributed by atoms with Crippen LogP contribution < -0.4 is 9.47 Å². The molecule has 0 aliphatic rings. The van der Waals surface area contributed by atoms with Gasteiger partial charge in [-0.15, -0.1) is 0 Å². The molecule has 0 aromatic heterocycles. The van der Waals surface area contributed by atoms with E-state index in [2.05, 4.69) is 6.92 Å². The van der Waals surface area contributed by atoms with Crippen LogP contribution in [0.1, 0.15) is 31.9 Å². The number of ether oxygens (including phenoxy) is 3. The van der Waals surface area contributed by atoms with E-state index < -0.39 is 0 Å². The molecular weight excluding hydrogens is 204 g/mol. The number of rotatable bonds is 6. The smallest absolute Gasteiger partial charge is 0.161 e. The van der Waals surface area contributed by atoms with Crippen LogP contribution in [0, 0.1) is 0 Å². The quantitative estimate of drug-likeness (QED) is 0.742. The van der Waals surface area contributed by atoms with Crippen molar-refractivity contribution in [1.29, 1.82) is 0 Å². The Balaban J connectivity index is 2.96. The van der Waals surface area contributed by atoms with Gasteiger partial charge >= 0.3 is 0 Å². The molecule has 0 aliphatic heterocycles. The third-order valence-corrected chi connectivity index (χ3v) is 2.52. The van der Waals surface area contributed by atoms with Crippen LogP contribution in [0.15, 0.2) is 18.2 Å². The van der Waals surface area contributed by atoms with Crippen molar-refractivity contribution in [2.75, 3.05) is 20.8 Å². The second-order valence-electron chi connectivity index (χ2n) is 3.47. The zero-order chi connectivity index (χ0) is 12.0. The first-order valence-corrected chi connectivity index (χ1v) is 5.60. The second kappa shape index (κ2) is 6.38. The largest absolute Gasteiger partial charge is 0.493 e. The molecule has 0 saturated heterocycles. The summed E-state index contributed by atoms with van der Waals surface area (Å²) in [6.07, 6.45) is 1.08. The van der Waals surface area contributed by atoms with Gasteiger partial charge in [0.25, 0.3) is 0 Å². The van der Waals surface area contributed by atoms with Crippen molar-refractivity contribution >= 4 is 0 Å². The van der Waals surface area contributed by atoms with E-state index in [0.29, 0.717) is 6.61 Å². The highest BCUT2D eigenvalue weighted by atomic mass is 16.5. The Hall–Kier alpha value is -1.22. The highest BCUT2D eigenvalue weighted by Gasteiger charge is 2.12. The molecule has 0 fully saturated rings. The lowest BCUT2D eigenvalue weighted by Crippen LogP contribution is -2.03. The molecule has 0 saturated carbocycles. The summed E-state index contributed by atoms with van der Waals surface area (Å²) in [5.41, 5.74) is 1.13. The van der Waals surface area contributed by atoms with Gasteiger partial charge < -0.3 is 14.2 Å². The van der Waals surface area contributed by atoms with Crippen molar-refractivity contribution in [3.63, 3.8) is 0 Å². The first-order chi connectivity index (χ1) is 7.76. The highest BCUT2D eigenvalue weighted by molar-refractivity contribution is 5.43. The van der Waals surface area contributed by atoms with Crippen molar-refractivity contribution in [2.45, 2.75) is 26.4 Å². The third kappa shape index (κ3) is 2.89. The number of benzene rings is 1.